The van der Waals surface area contributed by atoms with Crippen LogP contribution in [0.2, 0.25) is 10.0 Å². The van der Waals surface area contributed by atoms with Gasteiger partial charge in [0, 0.05) is 5.02 Å². The number of carbonyl (C=O) groups excluding carboxylic acids is 1. The van der Waals surface area contributed by atoms with Gasteiger partial charge < -0.3 is 5.32 Å². The second-order valence-corrected chi connectivity index (χ2v) is 4.73. The minimum Gasteiger partial charge on any atom is -0.305 e. The van der Waals surface area contributed by atoms with Gasteiger partial charge in [-0.15, -0.1) is 0 Å². The van der Waals surface area contributed by atoms with Gasteiger partial charge >= 0.3 is 6.03 Å². The zero-order chi connectivity index (χ0) is 12.8. The molecule has 2 N–H and O–H groups in total. The molecule has 0 unspecified atom stereocenters. The smallest absolute Gasteiger partial charge is 0.305 e. The number of halogens is 2. The first-order valence-electron chi connectivity index (χ1n) is 5.13. The Morgan fingerprint density at radius 2 is 2.12 bits per heavy atom. The molecule has 0 radical (unpaired) electrons. The number of hydroxylamine groups is 1. The number of urea groups is 1. The number of nitrogens with one attached hydrogen (secondary N) is 2. The lowest BCUT2D eigenvalue weighted by Crippen LogP contribution is -2.30. The zero-order valence-corrected chi connectivity index (χ0v) is 11.1. The van der Waals surface area contributed by atoms with Gasteiger partial charge in [0.05, 0.1) is 17.3 Å². The summed E-state index contributed by atoms with van der Waals surface area (Å²) >= 11 is 11.7. The highest BCUT2D eigenvalue weighted by molar-refractivity contribution is 6.35. The highest BCUT2D eigenvalue weighted by Gasteiger charge is 2.06. The summed E-state index contributed by atoms with van der Waals surface area (Å²) in [4.78, 5) is 16.4. The first kappa shape index (κ1) is 14.1. The van der Waals surface area contributed by atoms with Crippen molar-refractivity contribution in [3.8, 4) is 0 Å². The quantitative estimate of drug-likeness (QED) is 0.824. The third-order valence-electron chi connectivity index (χ3n) is 1.76. The average molecular weight is 277 g/mol. The summed E-state index contributed by atoms with van der Waals surface area (Å²) in [5.41, 5.74) is 2.69. The molecular weight excluding hydrogens is 263 g/mol. The molecule has 0 aliphatic carbocycles. The molecule has 4 nitrogen and oxygen atoms in total. The minimum absolute atomic E-state index is 0.338. The summed E-state index contributed by atoms with van der Waals surface area (Å²) in [6.07, 6.45) is 0. The van der Waals surface area contributed by atoms with E-state index in [-0.39, 0.29) is 0 Å². The van der Waals surface area contributed by atoms with Crippen LogP contribution in [0, 0.1) is 5.92 Å². The van der Waals surface area contributed by atoms with Crippen LogP contribution in [-0.2, 0) is 4.84 Å². The van der Waals surface area contributed by atoms with Crippen LogP contribution in [-0.4, -0.2) is 12.6 Å². The molecule has 17 heavy (non-hydrogen) atoms. The summed E-state index contributed by atoms with van der Waals surface area (Å²) in [5.74, 6) is 0.338. The highest BCUT2D eigenvalue weighted by atomic mass is 35.5. The molecule has 6 heteroatoms. The molecule has 0 aliphatic heterocycles. The maximum absolute atomic E-state index is 11.4. The molecule has 0 spiro atoms. The van der Waals surface area contributed by atoms with E-state index in [1.54, 1.807) is 18.2 Å². The van der Waals surface area contributed by atoms with E-state index >= 15 is 0 Å². The molecule has 94 valence electrons. The van der Waals surface area contributed by atoms with Gasteiger partial charge in [-0.05, 0) is 24.1 Å². The van der Waals surface area contributed by atoms with Gasteiger partial charge in [-0.2, -0.15) is 0 Å². The Hall–Kier alpha value is -0.970. The number of hydrogen-bond donors (Lipinski definition) is 2. The molecule has 0 atom stereocenters. The van der Waals surface area contributed by atoms with Crippen molar-refractivity contribution in [1.82, 2.24) is 5.48 Å². The summed E-state index contributed by atoms with van der Waals surface area (Å²) in [7, 11) is 0. The molecule has 0 saturated carbocycles. The van der Waals surface area contributed by atoms with E-state index in [1.165, 1.54) is 0 Å². The van der Waals surface area contributed by atoms with Gasteiger partial charge in [-0.3, -0.25) is 4.84 Å². The van der Waals surface area contributed by atoms with Crippen LogP contribution in [0.25, 0.3) is 0 Å². The van der Waals surface area contributed by atoms with Crippen LogP contribution >= 0.6 is 23.2 Å². The van der Waals surface area contributed by atoms with Crippen LogP contribution in [0.5, 0.6) is 0 Å². The lowest BCUT2D eigenvalue weighted by Gasteiger charge is -2.10. The molecule has 0 fully saturated rings. The number of benzene rings is 1. The van der Waals surface area contributed by atoms with Gasteiger partial charge in [0.2, 0.25) is 0 Å². The van der Waals surface area contributed by atoms with Gasteiger partial charge in [-0.1, -0.05) is 37.0 Å². The Kier molecular flexibility index (Phi) is 5.55. The number of anilines is 1. The zero-order valence-electron chi connectivity index (χ0n) is 9.59. The van der Waals surface area contributed by atoms with Crippen molar-refractivity contribution < 1.29 is 9.63 Å². The topological polar surface area (TPSA) is 50.4 Å². The van der Waals surface area contributed by atoms with E-state index in [1.807, 2.05) is 13.8 Å². The standard InChI is InChI=1S/C11H14Cl2N2O2/c1-7(2)6-17-15-11(16)14-10-5-8(12)3-4-9(10)13/h3-5,7H,6H2,1-2H3,(H2,14,15,16). The first-order chi connectivity index (χ1) is 7.99. The van der Waals surface area contributed by atoms with E-state index in [4.69, 9.17) is 28.0 Å². The van der Waals surface area contributed by atoms with Crippen LogP contribution in [0.1, 0.15) is 13.8 Å². The molecule has 0 saturated heterocycles. The molecule has 1 aromatic rings. The molecular formula is C11H14Cl2N2O2. The monoisotopic (exact) mass is 276 g/mol. The Labute approximate surface area is 110 Å². The van der Waals surface area contributed by atoms with Crippen LogP contribution in [0.3, 0.4) is 0 Å². The first-order valence-corrected chi connectivity index (χ1v) is 5.88. The van der Waals surface area contributed by atoms with Crippen LogP contribution in [0.15, 0.2) is 18.2 Å². The molecule has 0 aliphatic rings. The molecule has 0 bridgehead atoms. The Bertz CT molecular complexity index is 397. The molecule has 1 rings (SSSR count). The Balaban J connectivity index is 2.47. The second-order valence-electron chi connectivity index (χ2n) is 3.89. The van der Waals surface area contributed by atoms with Gasteiger partial charge in [0.15, 0.2) is 0 Å². The van der Waals surface area contributed by atoms with Crippen LogP contribution < -0.4 is 10.8 Å². The van der Waals surface area contributed by atoms with Gasteiger partial charge in [-0.25, -0.2) is 10.3 Å². The largest absolute Gasteiger partial charge is 0.343 e. The van der Waals surface area contributed by atoms with Crippen molar-refractivity contribution >= 4 is 34.9 Å². The summed E-state index contributed by atoms with van der Waals surface area (Å²) in [6, 6.07) is 4.32. The molecule has 0 aromatic heterocycles. The predicted molar refractivity (Wildman–Crippen MR) is 69.4 cm³/mol. The van der Waals surface area contributed by atoms with Crippen molar-refractivity contribution in [2.45, 2.75) is 13.8 Å². The highest BCUT2D eigenvalue weighted by Crippen LogP contribution is 2.25. The van der Waals surface area contributed by atoms with E-state index in [0.717, 1.165) is 0 Å². The van der Waals surface area contributed by atoms with Crippen molar-refractivity contribution in [2.24, 2.45) is 5.92 Å². The van der Waals surface area contributed by atoms with Crippen molar-refractivity contribution in [1.29, 1.82) is 0 Å². The third-order valence-corrected chi connectivity index (χ3v) is 2.32. The van der Waals surface area contributed by atoms with E-state index in [2.05, 4.69) is 10.8 Å². The Morgan fingerprint density at radius 1 is 1.41 bits per heavy atom. The third kappa shape index (κ3) is 5.26. The van der Waals surface area contributed by atoms with Crippen molar-refractivity contribution in [2.75, 3.05) is 11.9 Å². The SMILES string of the molecule is CC(C)CONC(=O)Nc1cc(Cl)ccc1Cl. The van der Waals surface area contributed by atoms with Crippen molar-refractivity contribution in [3.63, 3.8) is 0 Å². The summed E-state index contributed by atoms with van der Waals surface area (Å²) in [5, 5.41) is 3.44. The van der Waals surface area contributed by atoms with E-state index in [0.29, 0.717) is 28.3 Å². The maximum Gasteiger partial charge on any atom is 0.343 e. The summed E-state index contributed by atoms with van der Waals surface area (Å²) < 4.78 is 0. The fourth-order valence-corrected chi connectivity index (χ4v) is 1.35. The Morgan fingerprint density at radius 3 is 2.76 bits per heavy atom. The van der Waals surface area contributed by atoms with Gasteiger partial charge in [0.1, 0.15) is 0 Å². The second kappa shape index (κ2) is 6.69. The average Bonchev–Trinajstić information content (AvgIpc) is 2.23. The van der Waals surface area contributed by atoms with Crippen LogP contribution in [0.4, 0.5) is 10.5 Å². The lowest BCUT2D eigenvalue weighted by atomic mass is 10.2. The van der Waals surface area contributed by atoms with Gasteiger partial charge in [0.25, 0.3) is 0 Å². The van der Waals surface area contributed by atoms with E-state index < -0.39 is 6.03 Å². The molecule has 1 aromatic carbocycles. The molecule has 2 amide bonds. The predicted octanol–water partition coefficient (Wildman–Crippen LogP) is 3.70. The lowest BCUT2D eigenvalue weighted by molar-refractivity contribution is 0.0482. The van der Waals surface area contributed by atoms with Crippen molar-refractivity contribution in [3.05, 3.63) is 28.2 Å². The fourth-order valence-electron chi connectivity index (χ4n) is 1.01. The number of carbonyl (C=O) groups is 1. The maximum atomic E-state index is 11.4. The fraction of sp³-hybridized carbons (Fsp3) is 0.364. The number of hydrogen-bond acceptors (Lipinski definition) is 2. The summed E-state index contributed by atoms with van der Waals surface area (Å²) in [6.45, 7) is 4.40. The molecule has 0 heterocycles. The minimum atomic E-state index is -0.491. The number of rotatable bonds is 4. The van der Waals surface area contributed by atoms with E-state index in [9.17, 15) is 4.79 Å². The normalized spacial score (nSPS) is 10.4. The number of amides is 2.